The molecule has 1 aliphatic heterocycles. The SMILES string of the molecule is CC1CN(C(C)(C)CNc2cnn(C(C)(C)C)c(=O)c2Cl)CC(C)O1. The monoisotopic (exact) mass is 370 g/mol. The normalized spacial score (nSPS) is 22.9. The minimum Gasteiger partial charge on any atom is -0.381 e. The zero-order chi connectivity index (χ0) is 19.0. The molecule has 1 N–H and O–H groups in total. The molecule has 2 rings (SSSR count). The van der Waals surface area contributed by atoms with Crippen LogP contribution in [0.2, 0.25) is 5.02 Å². The second kappa shape index (κ2) is 7.25. The van der Waals surface area contributed by atoms with Crippen LogP contribution in [0.25, 0.3) is 0 Å². The average Bonchev–Trinajstić information content (AvgIpc) is 2.46. The van der Waals surface area contributed by atoms with E-state index in [4.69, 9.17) is 16.3 Å². The predicted molar refractivity (Wildman–Crippen MR) is 103 cm³/mol. The first-order valence-electron chi connectivity index (χ1n) is 8.84. The largest absolute Gasteiger partial charge is 0.381 e. The van der Waals surface area contributed by atoms with E-state index in [1.807, 2.05) is 20.8 Å². The Morgan fingerprint density at radius 1 is 1.24 bits per heavy atom. The Morgan fingerprint density at radius 3 is 2.32 bits per heavy atom. The van der Waals surface area contributed by atoms with Crippen molar-refractivity contribution in [2.75, 3.05) is 25.0 Å². The lowest BCUT2D eigenvalue weighted by Gasteiger charge is -2.45. The van der Waals surface area contributed by atoms with E-state index in [-0.39, 0.29) is 28.3 Å². The Bertz CT molecular complexity index is 656. The van der Waals surface area contributed by atoms with Gasteiger partial charge in [-0.3, -0.25) is 9.69 Å². The third-order valence-electron chi connectivity index (χ3n) is 4.54. The maximum Gasteiger partial charge on any atom is 0.288 e. The molecule has 0 aliphatic carbocycles. The molecule has 1 aliphatic rings. The maximum absolute atomic E-state index is 12.4. The van der Waals surface area contributed by atoms with E-state index in [9.17, 15) is 4.79 Å². The van der Waals surface area contributed by atoms with Gasteiger partial charge in [0.2, 0.25) is 0 Å². The van der Waals surface area contributed by atoms with E-state index in [0.29, 0.717) is 12.2 Å². The molecule has 1 aromatic rings. The highest BCUT2D eigenvalue weighted by atomic mass is 35.5. The topological polar surface area (TPSA) is 59.4 Å². The van der Waals surface area contributed by atoms with E-state index in [1.165, 1.54) is 4.68 Å². The van der Waals surface area contributed by atoms with E-state index in [0.717, 1.165) is 13.1 Å². The van der Waals surface area contributed by atoms with Crippen LogP contribution in [0.4, 0.5) is 5.69 Å². The summed E-state index contributed by atoms with van der Waals surface area (Å²) in [6.07, 6.45) is 2.06. The molecule has 6 nitrogen and oxygen atoms in total. The van der Waals surface area contributed by atoms with Gasteiger partial charge in [0, 0.05) is 25.2 Å². The summed E-state index contributed by atoms with van der Waals surface area (Å²) in [6.45, 7) is 16.8. The standard InChI is InChI=1S/C18H31ClN4O2/c1-12-9-22(10-13(2)25-12)18(6,7)11-20-14-8-21-23(17(3,4)5)16(24)15(14)19/h8,12-13,20H,9-11H2,1-7H3. The number of anilines is 1. The van der Waals surface area contributed by atoms with Crippen molar-refractivity contribution in [3.63, 3.8) is 0 Å². The molecular formula is C18H31ClN4O2. The highest BCUT2D eigenvalue weighted by Crippen LogP contribution is 2.24. The molecule has 2 unspecified atom stereocenters. The van der Waals surface area contributed by atoms with Gasteiger partial charge in [0.1, 0.15) is 5.02 Å². The number of nitrogens with one attached hydrogen (secondary N) is 1. The van der Waals surface area contributed by atoms with Gasteiger partial charge in [0.15, 0.2) is 0 Å². The molecule has 25 heavy (non-hydrogen) atoms. The summed E-state index contributed by atoms with van der Waals surface area (Å²) in [6, 6.07) is 0. The van der Waals surface area contributed by atoms with Crippen molar-refractivity contribution < 1.29 is 4.74 Å². The molecule has 2 atom stereocenters. The first-order chi connectivity index (χ1) is 11.4. The Labute approximate surface area is 155 Å². The predicted octanol–water partition coefficient (Wildman–Crippen LogP) is 2.95. The molecule has 2 heterocycles. The third-order valence-corrected chi connectivity index (χ3v) is 4.91. The van der Waals surface area contributed by atoms with Gasteiger partial charge >= 0.3 is 0 Å². The summed E-state index contributed by atoms with van der Waals surface area (Å²) in [5.41, 5.74) is -0.201. The van der Waals surface area contributed by atoms with Gasteiger partial charge in [0.25, 0.3) is 5.56 Å². The van der Waals surface area contributed by atoms with Crippen LogP contribution < -0.4 is 10.9 Å². The van der Waals surface area contributed by atoms with Crippen LogP contribution in [0.15, 0.2) is 11.0 Å². The summed E-state index contributed by atoms with van der Waals surface area (Å²) in [5, 5.41) is 7.77. The second-order valence-corrected chi connectivity index (χ2v) is 8.97. The third kappa shape index (κ3) is 4.74. The van der Waals surface area contributed by atoms with E-state index < -0.39 is 5.54 Å². The zero-order valence-electron chi connectivity index (χ0n) is 16.4. The molecule has 142 valence electrons. The minimum absolute atomic E-state index is 0.103. The van der Waals surface area contributed by atoms with Crippen LogP contribution >= 0.6 is 11.6 Å². The van der Waals surface area contributed by atoms with Crippen LogP contribution in [-0.4, -0.2) is 52.1 Å². The number of hydrogen-bond acceptors (Lipinski definition) is 5. The smallest absolute Gasteiger partial charge is 0.288 e. The van der Waals surface area contributed by atoms with Crippen molar-refractivity contribution >= 4 is 17.3 Å². The van der Waals surface area contributed by atoms with Gasteiger partial charge in [-0.25, -0.2) is 4.68 Å². The Balaban J connectivity index is 2.13. The first-order valence-corrected chi connectivity index (χ1v) is 9.22. The minimum atomic E-state index is -0.404. The van der Waals surface area contributed by atoms with Crippen molar-refractivity contribution in [3.8, 4) is 0 Å². The summed E-state index contributed by atoms with van der Waals surface area (Å²) < 4.78 is 7.23. The van der Waals surface area contributed by atoms with Crippen molar-refractivity contribution in [1.29, 1.82) is 0 Å². The number of hydrogen-bond donors (Lipinski definition) is 1. The summed E-state index contributed by atoms with van der Waals surface area (Å²) >= 11 is 6.30. The number of rotatable bonds is 4. The van der Waals surface area contributed by atoms with Crippen LogP contribution in [0.3, 0.4) is 0 Å². The van der Waals surface area contributed by atoms with E-state index >= 15 is 0 Å². The first kappa shape index (κ1) is 20.2. The van der Waals surface area contributed by atoms with Crippen molar-refractivity contribution in [3.05, 3.63) is 21.6 Å². The van der Waals surface area contributed by atoms with Gasteiger partial charge in [-0.05, 0) is 48.5 Å². The number of morpholine rings is 1. The molecule has 0 aromatic carbocycles. The Hall–Kier alpha value is -1.11. The molecule has 0 amide bonds. The van der Waals surface area contributed by atoms with E-state index in [1.54, 1.807) is 6.20 Å². The summed E-state index contributed by atoms with van der Waals surface area (Å²) in [7, 11) is 0. The quantitative estimate of drug-likeness (QED) is 0.882. The van der Waals surface area contributed by atoms with Gasteiger partial charge in [0.05, 0.1) is 29.6 Å². The van der Waals surface area contributed by atoms with Gasteiger partial charge < -0.3 is 10.1 Å². The lowest BCUT2D eigenvalue weighted by Crippen LogP contribution is -2.57. The van der Waals surface area contributed by atoms with Crippen molar-refractivity contribution in [1.82, 2.24) is 14.7 Å². The Morgan fingerprint density at radius 2 is 1.80 bits per heavy atom. The molecule has 1 saturated heterocycles. The second-order valence-electron chi connectivity index (χ2n) is 8.59. The molecule has 0 bridgehead atoms. The van der Waals surface area contributed by atoms with Crippen LogP contribution in [-0.2, 0) is 10.3 Å². The van der Waals surface area contributed by atoms with Crippen LogP contribution in [0.1, 0.15) is 48.5 Å². The van der Waals surface area contributed by atoms with Crippen LogP contribution in [0, 0.1) is 0 Å². The number of nitrogens with zero attached hydrogens (tertiary/aromatic N) is 3. The molecule has 0 radical (unpaired) electrons. The molecule has 0 spiro atoms. The van der Waals surface area contributed by atoms with Gasteiger partial charge in [-0.15, -0.1) is 0 Å². The average molecular weight is 371 g/mol. The van der Waals surface area contributed by atoms with Crippen molar-refractivity contribution in [2.45, 2.75) is 71.8 Å². The number of halogens is 1. The summed E-state index contributed by atoms with van der Waals surface area (Å²) in [5.74, 6) is 0. The van der Waals surface area contributed by atoms with Gasteiger partial charge in [-0.2, -0.15) is 5.10 Å². The maximum atomic E-state index is 12.4. The Kier molecular flexibility index (Phi) is 5.86. The zero-order valence-corrected chi connectivity index (χ0v) is 17.1. The molecule has 1 fully saturated rings. The molecule has 7 heteroatoms. The van der Waals surface area contributed by atoms with Crippen LogP contribution in [0.5, 0.6) is 0 Å². The van der Waals surface area contributed by atoms with Crippen molar-refractivity contribution in [2.24, 2.45) is 0 Å². The number of aromatic nitrogens is 2. The lowest BCUT2D eigenvalue weighted by atomic mass is 10.00. The fourth-order valence-electron chi connectivity index (χ4n) is 3.13. The summed E-state index contributed by atoms with van der Waals surface area (Å²) in [4.78, 5) is 14.9. The molecule has 0 saturated carbocycles. The highest BCUT2D eigenvalue weighted by molar-refractivity contribution is 6.32. The fourth-order valence-corrected chi connectivity index (χ4v) is 3.32. The molecule has 1 aromatic heterocycles. The molecular weight excluding hydrogens is 340 g/mol. The van der Waals surface area contributed by atoms with E-state index in [2.05, 4.69) is 43.0 Å². The highest BCUT2D eigenvalue weighted by Gasteiger charge is 2.33. The number of ether oxygens (including phenoxy) is 1. The fraction of sp³-hybridized carbons (Fsp3) is 0.778. The lowest BCUT2D eigenvalue weighted by molar-refractivity contribution is -0.0933. The van der Waals surface area contributed by atoms with Gasteiger partial charge in [-0.1, -0.05) is 11.6 Å².